The number of fused-ring (bicyclic) bond motifs is 1. The van der Waals surface area contributed by atoms with Gasteiger partial charge in [0.1, 0.15) is 5.69 Å². The maximum atomic E-state index is 12.1. The molecule has 0 aliphatic heterocycles. The topological polar surface area (TPSA) is 91.2 Å². The van der Waals surface area contributed by atoms with Crippen molar-refractivity contribution in [2.24, 2.45) is 0 Å². The monoisotopic (exact) mass is 288 g/mol. The smallest absolute Gasteiger partial charge is 0.268 e. The van der Waals surface area contributed by atoms with Gasteiger partial charge in [0, 0.05) is 29.7 Å². The Morgan fingerprint density at radius 1 is 1.24 bits per heavy atom. The second-order valence-electron chi connectivity index (χ2n) is 4.78. The Morgan fingerprint density at radius 2 is 1.95 bits per heavy atom. The molecule has 0 aliphatic rings. The number of carbonyl (C=O) groups excluding carboxylic acids is 2. The quantitative estimate of drug-likeness (QED) is 0.725. The molecule has 0 atom stereocenters. The van der Waals surface area contributed by atoms with Crippen LogP contribution in [0.2, 0.25) is 0 Å². The standard InChI is InChI=1S/C15H20N4O2/c1-3-19(4-2)14(20)9-17-15(21)13-8-10-7-11(16)5-6-12(10)18-13/h5-8,18H,3-4,9,16H2,1-2H3,(H,17,21). The van der Waals surface area contributed by atoms with Gasteiger partial charge in [-0.05, 0) is 38.1 Å². The molecule has 112 valence electrons. The van der Waals surface area contributed by atoms with Gasteiger partial charge in [-0.3, -0.25) is 9.59 Å². The highest BCUT2D eigenvalue weighted by molar-refractivity contribution is 5.99. The zero-order valence-corrected chi connectivity index (χ0v) is 12.3. The number of amides is 2. The largest absolute Gasteiger partial charge is 0.399 e. The highest BCUT2D eigenvalue weighted by atomic mass is 16.2. The van der Waals surface area contributed by atoms with Crippen molar-refractivity contribution in [1.82, 2.24) is 15.2 Å². The average molecular weight is 288 g/mol. The Labute approximate surface area is 123 Å². The van der Waals surface area contributed by atoms with E-state index in [1.807, 2.05) is 19.9 Å². The molecule has 1 aromatic carbocycles. The maximum Gasteiger partial charge on any atom is 0.268 e. The van der Waals surface area contributed by atoms with Crippen molar-refractivity contribution in [2.45, 2.75) is 13.8 Å². The van der Waals surface area contributed by atoms with Crippen LogP contribution in [0, 0.1) is 0 Å². The molecule has 4 N–H and O–H groups in total. The van der Waals surface area contributed by atoms with Gasteiger partial charge in [0.15, 0.2) is 0 Å². The summed E-state index contributed by atoms with van der Waals surface area (Å²) in [5.74, 6) is -0.390. The molecule has 1 heterocycles. The number of benzene rings is 1. The minimum Gasteiger partial charge on any atom is -0.399 e. The Bertz CT molecular complexity index is 659. The third-order valence-electron chi connectivity index (χ3n) is 3.41. The minimum atomic E-state index is -0.301. The molecule has 1 aromatic heterocycles. The first kappa shape index (κ1) is 14.9. The number of hydrogen-bond acceptors (Lipinski definition) is 3. The summed E-state index contributed by atoms with van der Waals surface area (Å²) in [5.41, 5.74) is 7.61. The van der Waals surface area contributed by atoms with Gasteiger partial charge in [-0.25, -0.2) is 0 Å². The van der Waals surface area contributed by atoms with Gasteiger partial charge < -0.3 is 20.9 Å². The molecular formula is C15H20N4O2. The SMILES string of the molecule is CCN(CC)C(=O)CNC(=O)c1cc2cc(N)ccc2[nH]1. The minimum absolute atomic E-state index is 0.00197. The molecule has 0 spiro atoms. The van der Waals surface area contributed by atoms with Gasteiger partial charge in [0.2, 0.25) is 5.91 Å². The van der Waals surface area contributed by atoms with Crippen LogP contribution in [0.1, 0.15) is 24.3 Å². The third-order valence-corrected chi connectivity index (χ3v) is 3.41. The highest BCUT2D eigenvalue weighted by Crippen LogP contribution is 2.18. The van der Waals surface area contributed by atoms with Crippen molar-refractivity contribution in [3.8, 4) is 0 Å². The number of nitrogens with two attached hydrogens (primary N) is 1. The van der Waals surface area contributed by atoms with Crippen LogP contribution < -0.4 is 11.1 Å². The van der Waals surface area contributed by atoms with E-state index in [2.05, 4.69) is 10.3 Å². The number of carbonyl (C=O) groups is 2. The molecule has 6 heteroatoms. The molecule has 0 radical (unpaired) electrons. The molecular weight excluding hydrogens is 268 g/mol. The van der Waals surface area contributed by atoms with Crippen molar-refractivity contribution in [1.29, 1.82) is 0 Å². The van der Waals surface area contributed by atoms with Crippen LogP contribution in [-0.2, 0) is 4.79 Å². The molecule has 6 nitrogen and oxygen atoms in total. The molecule has 0 fully saturated rings. The predicted molar refractivity (Wildman–Crippen MR) is 83.0 cm³/mol. The Balaban J connectivity index is 2.03. The van der Waals surface area contributed by atoms with Crippen LogP contribution in [0.5, 0.6) is 0 Å². The van der Waals surface area contributed by atoms with Crippen molar-refractivity contribution in [2.75, 3.05) is 25.4 Å². The number of nitrogens with one attached hydrogen (secondary N) is 2. The van der Waals surface area contributed by atoms with Crippen molar-refractivity contribution in [3.05, 3.63) is 30.0 Å². The zero-order valence-electron chi connectivity index (χ0n) is 12.3. The zero-order chi connectivity index (χ0) is 15.4. The van der Waals surface area contributed by atoms with E-state index in [0.717, 1.165) is 10.9 Å². The molecule has 0 saturated heterocycles. The van der Waals surface area contributed by atoms with E-state index >= 15 is 0 Å². The normalized spacial score (nSPS) is 10.6. The first-order valence-electron chi connectivity index (χ1n) is 6.99. The highest BCUT2D eigenvalue weighted by Gasteiger charge is 2.13. The number of aromatic nitrogens is 1. The number of nitrogen functional groups attached to an aromatic ring is 1. The van der Waals surface area contributed by atoms with Crippen molar-refractivity contribution in [3.63, 3.8) is 0 Å². The van der Waals surface area contributed by atoms with Gasteiger partial charge >= 0.3 is 0 Å². The number of nitrogens with zero attached hydrogens (tertiary/aromatic N) is 1. The summed E-state index contributed by atoms with van der Waals surface area (Å²) in [7, 11) is 0. The maximum absolute atomic E-state index is 12.1. The lowest BCUT2D eigenvalue weighted by Gasteiger charge is -2.18. The Hall–Kier alpha value is -2.50. The first-order valence-corrected chi connectivity index (χ1v) is 6.99. The van der Waals surface area contributed by atoms with Crippen LogP contribution in [0.15, 0.2) is 24.3 Å². The molecule has 0 bridgehead atoms. The van der Waals surface area contributed by atoms with Gasteiger partial charge in [-0.2, -0.15) is 0 Å². The lowest BCUT2D eigenvalue weighted by molar-refractivity contribution is -0.129. The Morgan fingerprint density at radius 3 is 2.62 bits per heavy atom. The summed E-state index contributed by atoms with van der Waals surface area (Å²) in [5, 5.41) is 3.50. The van der Waals surface area contributed by atoms with E-state index in [-0.39, 0.29) is 18.4 Å². The molecule has 21 heavy (non-hydrogen) atoms. The lowest BCUT2D eigenvalue weighted by atomic mass is 10.2. The van der Waals surface area contributed by atoms with E-state index < -0.39 is 0 Å². The molecule has 0 unspecified atom stereocenters. The number of aromatic amines is 1. The second kappa shape index (κ2) is 6.30. The van der Waals surface area contributed by atoms with Gasteiger partial charge in [-0.15, -0.1) is 0 Å². The number of hydrogen-bond donors (Lipinski definition) is 3. The fourth-order valence-electron chi connectivity index (χ4n) is 2.21. The summed E-state index contributed by atoms with van der Waals surface area (Å²) in [6, 6.07) is 7.11. The van der Waals surface area contributed by atoms with E-state index in [4.69, 9.17) is 5.73 Å². The Kier molecular flexibility index (Phi) is 4.47. The number of rotatable bonds is 5. The van der Waals surface area contributed by atoms with Crippen molar-refractivity contribution >= 4 is 28.4 Å². The average Bonchev–Trinajstić information content (AvgIpc) is 2.89. The molecule has 0 saturated carbocycles. The van der Waals surface area contributed by atoms with Crippen molar-refractivity contribution < 1.29 is 9.59 Å². The second-order valence-corrected chi connectivity index (χ2v) is 4.78. The van der Waals surface area contributed by atoms with Crippen LogP contribution in [0.4, 0.5) is 5.69 Å². The van der Waals surface area contributed by atoms with E-state index in [1.165, 1.54) is 0 Å². The summed E-state index contributed by atoms with van der Waals surface area (Å²) in [6.45, 7) is 5.09. The fourth-order valence-corrected chi connectivity index (χ4v) is 2.21. The number of H-pyrrole nitrogens is 1. The first-order chi connectivity index (χ1) is 10.0. The fraction of sp³-hybridized carbons (Fsp3) is 0.333. The predicted octanol–water partition coefficient (Wildman–Crippen LogP) is 1.35. The third kappa shape index (κ3) is 3.34. The molecule has 0 aliphatic carbocycles. The van der Waals surface area contributed by atoms with Crippen LogP contribution >= 0.6 is 0 Å². The van der Waals surface area contributed by atoms with Crippen LogP contribution in [0.3, 0.4) is 0 Å². The van der Waals surface area contributed by atoms with Gasteiger partial charge in [-0.1, -0.05) is 0 Å². The van der Waals surface area contributed by atoms with Gasteiger partial charge in [0.05, 0.1) is 6.54 Å². The summed E-state index contributed by atoms with van der Waals surface area (Å²) in [4.78, 5) is 28.6. The molecule has 2 rings (SSSR count). The molecule has 2 amide bonds. The van der Waals surface area contributed by atoms with E-state index in [0.29, 0.717) is 24.5 Å². The van der Waals surface area contributed by atoms with Gasteiger partial charge in [0.25, 0.3) is 5.91 Å². The number of anilines is 1. The summed E-state index contributed by atoms with van der Waals surface area (Å²) in [6.07, 6.45) is 0. The van der Waals surface area contributed by atoms with Crippen LogP contribution in [0.25, 0.3) is 10.9 Å². The summed E-state index contributed by atoms with van der Waals surface area (Å²) >= 11 is 0. The van der Waals surface area contributed by atoms with E-state index in [9.17, 15) is 9.59 Å². The number of likely N-dealkylation sites (N-methyl/N-ethyl adjacent to an activating group) is 1. The van der Waals surface area contributed by atoms with Crippen LogP contribution in [-0.4, -0.2) is 41.3 Å². The van der Waals surface area contributed by atoms with E-state index in [1.54, 1.807) is 23.1 Å². The lowest BCUT2D eigenvalue weighted by Crippen LogP contribution is -2.40. The molecule has 2 aromatic rings. The summed E-state index contributed by atoms with van der Waals surface area (Å²) < 4.78 is 0.